The van der Waals surface area contributed by atoms with Crippen LogP contribution in [0.1, 0.15) is 0 Å². The van der Waals surface area contributed by atoms with E-state index in [1.54, 1.807) is 0 Å². The molecular formula is C35H26N2. The van der Waals surface area contributed by atoms with Gasteiger partial charge in [-0.1, -0.05) is 97.1 Å². The quantitative estimate of drug-likeness (QED) is 0.247. The van der Waals surface area contributed by atoms with E-state index >= 15 is 0 Å². The third-order valence-electron chi connectivity index (χ3n) is 7.40. The summed E-state index contributed by atoms with van der Waals surface area (Å²) in [6, 6.07) is 50.1. The molecule has 0 radical (unpaired) electrons. The van der Waals surface area contributed by atoms with Crippen LogP contribution in [0.2, 0.25) is 0 Å². The lowest BCUT2D eigenvalue weighted by Crippen LogP contribution is -2.08. The van der Waals surface area contributed by atoms with Crippen molar-refractivity contribution >= 4 is 44.0 Å². The van der Waals surface area contributed by atoms with Gasteiger partial charge in [-0.15, -0.1) is 0 Å². The predicted octanol–water partition coefficient (Wildman–Crippen LogP) is 9.37. The zero-order valence-corrected chi connectivity index (χ0v) is 20.7. The van der Waals surface area contributed by atoms with E-state index in [2.05, 4.69) is 156 Å². The Balaban J connectivity index is 1.43. The summed E-state index contributed by atoms with van der Waals surface area (Å²) in [4.78, 5) is 2.22. The summed E-state index contributed by atoms with van der Waals surface area (Å²) < 4.78 is 2.43. The van der Waals surface area contributed by atoms with E-state index in [9.17, 15) is 0 Å². The fourth-order valence-electron chi connectivity index (χ4n) is 5.50. The highest BCUT2D eigenvalue weighted by Crippen LogP contribution is 2.39. The highest BCUT2D eigenvalue weighted by Gasteiger charge is 2.16. The molecule has 176 valence electrons. The number of nitrogens with zero attached hydrogens (tertiary/aromatic N) is 2. The largest absolute Gasteiger partial charge is 0.345 e. The first-order valence-electron chi connectivity index (χ1n) is 12.7. The maximum absolute atomic E-state index is 2.43. The maximum atomic E-state index is 2.43. The van der Waals surface area contributed by atoms with Crippen molar-refractivity contribution < 1.29 is 0 Å². The number of hydrogen-bond acceptors (Lipinski definition) is 1. The molecule has 0 aliphatic carbocycles. The van der Waals surface area contributed by atoms with Crippen LogP contribution in [0.3, 0.4) is 0 Å². The molecule has 37 heavy (non-hydrogen) atoms. The Morgan fingerprint density at radius 2 is 1.19 bits per heavy atom. The summed E-state index contributed by atoms with van der Waals surface area (Å²) in [5.74, 6) is 0. The molecule has 0 fully saturated rings. The van der Waals surface area contributed by atoms with Gasteiger partial charge >= 0.3 is 0 Å². The standard InChI is InChI=1S/C35H26N2/c1-36(28-12-3-2-4-13-28)29-21-19-26(20-22-29)31-15-9-16-33-32-14-7-8-17-34(32)37(35(31)33)30-23-18-25-10-5-6-11-27(25)24-30/h2-24H,1H3. The van der Waals surface area contributed by atoms with Crippen LogP contribution in [-0.4, -0.2) is 11.6 Å². The van der Waals surface area contributed by atoms with Gasteiger partial charge in [-0.05, 0) is 58.8 Å². The Kier molecular flexibility index (Phi) is 5.04. The summed E-state index contributed by atoms with van der Waals surface area (Å²) >= 11 is 0. The molecule has 0 bridgehead atoms. The van der Waals surface area contributed by atoms with E-state index in [0.717, 1.165) is 5.69 Å². The highest BCUT2D eigenvalue weighted by molar-refractivity contribution is 6.14. The van der Waals surface area contributed by atoms with Gasteiger partial charge in [0.05, 0.1) is 11.0 Å². The molecule has 0 atom stereocenters. The lowest BCUT2D eigenvalue weighted by atomic mass is 10.0. The van der Waals surface area contributed by atoms with Crippen molar-refractivity contribution in [2.45, 2.75) is 0 Å². The van der Waals surface area contributed by atoms with E-state index < -0.39 is 0 Å². The molecule has 1 aromatic heterocycles. The molecule has 0 spiro atoms. The minimum atomic E-state index is 1.16. The van der Waals surface area contributed by atoms with Crippen molar-refractivity contribution in [3.05, 3.63) is 140 Å². The molecule has 6 aromatic carbocycles. The summed E-state index contributed by atoms with van der Waals surface area (Å²) in [7, 11) is 2.11. The van der Waals surface area contributed by atoms with Crippen LogP contribution in [0.5, 0.6) is 0 Å². The summed E-state index contributed by atoms with van der Waals surface area (Å²) in [6.45, 7) is 0. The molecule has 0 aliphatic rings. The fraction of sp³-hybridized carbons (Fsp3) is 0.0286. The molecule has 0 unspecified atom stereocenters. The van der Waals surface area contributed by atoms with Gasteiger partial charge in [-0.25, -0.2) is 0 Å². The van der Waals surface area contributed by atoms with E-state index in [0.29, 0.717) is 0 Å². The van der Waals surface area contributed by atoms with Gasteiger partial charge in [0, 0.05) is 40.4 Å². The van der Waals surface area contributed by atoms with E-state index in [1.807, 2.05) is 0 Å². The Hall–Kier alpha value is -4.82. The topological polar surface area (TPSA) is 8.17 Å². The lowest BCUT2D eigenvalue weighted by molar-refractivity contribution is 1.19. The van der Waals surface area contributed by atoms with Crippen LogP contribution >= 0.6 is 0 Å². The third-order valence-corrected chi connectivity index (χ3v) is 7.40. The normalized spacial score (nSPS) is 11.4. The average molecular weight is 475 g/mol. The second kappa shape index (κ2) is 8.69. The van der Waals surface area contributed by atoms with E-state index in [1.165, 1.54) is 55.1 Å². The Morgan fingerprint density at radius 1 is 0.514 bits per heavy atom. The molecule has 2 heteroatoms. The van der Waals surface area contributed by atoms with Gasteiger partial charge < -0.3 is 9.47 Å². The van der Waals surface area contributed by atoms with Gasteiger partial charge in [-0.3, -0.25) is 0 Å². The summed E-state index contributed by atoms with van der Waals surface area (Å²) in [6.07, 6.45) is 0. The molecule has 7 rings (SSSR count). The summed E-state index contributed by atoms with van der Waals surface area (Å²) in [5, 5.41) is 5.04. The van der Waals surface area contributed by atoms with Crippen LogP contribution in [-0.2, 0) is 0 Å². The number of para-hydroxylation sites is 3. The highest BCUT2D eigenvalue weighted by atomic mass is 15.1. The van der Waals surface area contributed by atoms with Crippen LogP contribution in [0.15, 0.2) is 140 Å². The number of fused-ring (bicyclic) bond motifs is 4. The predicted molar refractivity (Wildman–Crippen MR) is 158 cm³/mol. The zero-order valence-electron chi connectivity index (χ0n) is 20.7. The number of aromatic nitrogens is 1. The molecule has 0 amide bonds. The first-order valence-corrected chi connectivity index (χ1v) is 12.7. The van der Waals surface area contributed by atoms with E-state index in [-0.39, 0.29) is 0 Å². The fourth-order valence-corrected chi connectivity index (χ4v) is 5.50. The minimum Gasteiger partial charge on any atom is -0.345 e. The van der Waals surface area contributed by atoms with E-state index in [4.69, 9.17) is 0 Å². The third kappa shape index (κ3) is 3.57. The first-order chi connectivity index (χ1) is 18.3. The zero-order chi connectivity index (χ0) is 24.8. The number of rotatable bonds is 4. The van der Waals surface area contributed by atoms with Crippen molar-refractivity contribution in [2.24, 2.45) is 0 Å². The second-order valence-electron chi connectivity index (χ2n) is 9.53. The van der Waals surface area contributed by atoms with Crippen molar-refractivity contribution in [3.63, 3.8) is 0 Å². The van der Waals surface area contributed by atoms with Gasteiger partial charge in [-0.2, -0.15) is 0 Å². The van der Waals surface area contributed by atoms with Crippen LogP contribution < -0.4 is 4.90 Å². The molecule has 1 heterocycles. The van der Waals surface area contributed by atoms with Crippen LogP contribution in [0.25, 0.3) is 49.4 Å². The second-order valence-corrected chi connectivity index (χ2v) is 9.53. The Morgan fingerprint density at radius 3 is 2.03 bits per heavy atom. The Bertz CT molecular complexity index is 1880. The van der Waals surface area contributed by atoms with Crippen LogP contribution in [0.4, 0.5) is 11.4 Å². The Labute approximate surface area is 216 Å². The van der Waals surface area contributed by atoms with Gasteiger partial charge in [0.2, 0.25) is 0 Å². The molecule has 7 aromatic rings. The molecule has 0 saturated heterocycles. The molecule has 2 nitrogen and oxygen atoms in total. The first kappa shape index (κ1) is 21.5. The van der Waals surface area contributed by atoms with Crippen molar-refractivity contribution in [1.82, 2.24) is 4.57 Å². The average Bonchev–Trinajstić information content (AvgIpc) is 3.32. The maximum Gasteiger partial charge on any atom is 0.0619 e. The van der Waals surface area contributed by atoms with Crippen molar-refractivity contribution in [3.8, 4) is 16.8 Å². The smallest absolute Gasteiger partial charge is 0.0619 e. The molecule has 0 aliphatic heterocycles. The SMILES string of the molecule is CN(c1ccccc1)c1ccc(-c2cccc3c4ccccc4n(-c4ccc5ccccc5c4)c23)cc1. The van der Waals surface area contributed by atoms with Crippen molar-refractivity contribution in [2.75, 3.05) is 11.9 Å². The number of anilines is 2. The lowest BCUT2D eigenvalue weighted by Gasteiger charge is -2.20. The van der Waals surface area contributed by atoms with Crippen LogP contribution in [0, 0.1) is 0 Å². The molecule has 0 saturated carbocycles. The number of hydrogen-bond donors (Lipinski definition) is 0. The molecular weight excluding hydrogens is 448 g/mol. The van der Waals surface area contributed by atoms with Gasteiger partial charge in [0.1, 0.15) is 0 Å². The van der Waals surface area contributed by atoms with Crippen molar-refractivity contribution in [1.29, 1.82) is 0 Å². The van der Waals surface area contributed by atoms with Gasteiger partial charge in [0.25, 0.3) is 0 Å². The molecule has 0 N–H and O–H groups in total. The summed E-state index contributed by atoms with van der Waals surface area (Å²) in [5.41, 5.74) is 8.42. The van der Waals surface area contributed by atoms with Gasteiger partial charge in [0.15, 0.2) is 0 Å². The minimum absolute atomic E-state index is 1.16. The monoisotopic (exact) mass is 474 g/mol. The number of benzene rings is 6.